The van der Waals surface area contributed by atoms with Gasteiger partial charge in [-0.15, -0.1) is 0 Å². The van der Waals surface area contributed by atoms with E-state index in [0.717, 1.165) is 0 Å². The van der Waals surface area contributed by atoms with Crippen LogP contribution in [-0.2, 0) is 10.7 Å². The molecule has 0 N–H and O–H groups in total. The Balaban J connectivity index is 3.39. The van der Waals surface area contributed by atoms with E-state index in [0.29, 0.717) is 0 Å². The molecule has 4 heteroatoms. The maximum absolute atomic E-state index is 12.7. The van der Waals surface area contributed by atoms with E-state index < -0.39 is 16.5 Å². The van der Waals surface area contributed by atoms with E-state index in [2.05, 4.69) is 0 Å². The van der Waals surface area contributed by atoms with Gasteiger partial charge in [0, 0.05) is 5.56 Å². The van der Waals surface area contributed by atoms with Crippen molar-refractivity contribution in [1.29, 1.82) is 0 Å². The first kappa shape index (κ1) is 8.20. The van der Waals surface area contributed by atoms with Crippen LogP contribution in [0.3, 0.4) is 0 Å². The summed E-state index contributed by atoms with van der Waals surface area (Å²) in [4.78, 5) is 0.0556. The molecule has 1 rings (SSSR count). The average molecular weight is 174 g/mol. The van der Waals surface area contributed by atoms with Gasteiger partial charge in [0.25, 0.3) is 0 Å². The van der Waals surface area contributed by atoms with E-state index in [9.17, 15) is 12.8 Å². The topological polar surface area (TPSA) is 34.1 Å². The van der Waals surface area contributed by atoms with Crippen molar-refractivity contribution in [2.75, 3.05) is 0 Å². The molecule has 0 saturated heterocycles. The smallest absolute Gasteiger partial charge is 0.168 e. The zero-order valence-corrected chi connectivity index (χ0v) is 6.77. The second-order valence-corrected chi connectivity index (χ2v) is 3.14. The Morgan fingerprint density at radius 3 is 2.45 bits per heavy atom. The molecule has 0 amide bonds. The fourth-order valence-electron chi connectivity index (χ4n) is 0.794. The third-order valence-electron chi connectivity index (χ3n) is 1.44. The number of halogens is 1. The van der Waals surface area contributed by atoms with E-state index in [1.54, 1.807) is 0 Å². The summed E-state index contributed by atoms with van der Waals surface area (Å²) in [6, 6.07) is 3.99. The van der Waals surface area contributed by atoms with Gasteiger partial charge >= 0.3 is 0 Å². The SMILES string of the molecule is Cc1c(F)cccc1[SH](=O)=O. The zero-order chi connectivity index (χ0) is 8.43. The molecule has 0 bridgehead atoms. The second kappa shape index (κ2) is 3.00. The summed E-state index contributed by atoms with van der Waals surface area (Å²) in [5.74, 6) is -0.485. The standard InChI is InChI=1S/C7H7FO2S/c1-5-6(8)3-2-4-7(5)11(9)10/h2-4,11H,1H3. The van der Waals surface area contributed by atoms with Crippen LogP contribution < -0.4 is 0 Å². The number of hydrogen-bond acceptors (Lipinski definition) is 2. The van der Waals surface area contributed by atoms with Crippen molar-refractivity contribution in [1.82, 2.24) is 0 Å². The lowest BCUT2D eigenvalue weighted by molar-refractivity contribution is 0.599. The van der Waals surface area contributed by atoms with Crippen molar-refractivity contribution < 1.29 is 12.8 Å². The summed E-state index contributed by atoms with van der Waals surface area (Å²) in [6.45, 7) is 1.44. The molecule has 0 heterocycles. The quantitative estimate of drug-likeness (QED) is 0.647. The highest BCUT2D eigenvalue weighted by atomic mass is 32.2. The highest BCUT2D eigenvalue weighted by Gasteiger charge is 2.03. The summed E-state index contributed by atoms with van der Waals surface area (Å²) in [5, 5.41) is 0. The van der Waals surface area contributed by atoms with Crippen LogP contribution in [0.15, 0.2) is 23.1 Å². The zero-order valence-electron chi connectivity index (χ0n) is 5.87. The molecule has 0 aromatic heterocycles. The lowest BCUT2D eigenvalue weighted by atomic mass is 10.2. The van der Waals surface area contributed by atoms with E-state index in [1.807, 2.05) is 0 Å². The maximum atomic E-state index is 12.7. The molecule has 0 aliphatic heterocycles. The Morgan fingerprint density at radius 1 is 1.36 bits per heavy atom. The van der Waals surface area contributed by atoms with Crippen LogP contribution in [0.2, 0.25) is 0 Å². The first-order chi connectivity index (χ1) is 5.13. The Kier molecular flexibility index (Phi) is 2.24. The normalized spacial score (nSPS) is 10.5. The summed E-state index contributed by atoms with van der Waals surface area (Å²) < 4.78 is 33.6. The molecule has 0 saturated carbocycles. The van der Waals surface area contributed by atoms with Gasteiger partial charge in [0.15, 0.2) is 10.7 Å². The van der Waals surface area contributed by atoms with Crippen LogP contribution in [0.25, 0.3) is 0 Å². The predicted octanol–water partition coefficient (Wildman–Crippen LogP) is 1.10. The van der Waals surface area contributed by atoms with Gasteiger partial charge < -0.3 is 0 Å². The number of rotatable bonds is 1. The van der Waals surface area contributed by atoms with Crippen LogP contribution >= 0.6 is 0 Å². The van der Waals surface area contributed by atoms with Crippen LogP contribution in [0.1, 0.15) is 5.56 Å². The largest absolute Gasteiger partial charge is 0.227 e. The number of benzene rings is 1. The minimum atomic E-state index is -2.67. The van der Waals surface area contributed by atoms with Gasteiger partial charge in [0.1, 0.15) is 5.82 Å². The predicted molar refractivity (Wildman–Crippen MR) is 39.7 cm³/mol. The molecule has 2 nitrogen and oxygen atoms in total. The van der Waals surface area contributed by atoms with Gasteiger partial charge in [-0.05, 0) is 19.1 Å². The van der Waals surface area contributed by atoms with Crippen molar-refractivity contribution in [2.24, 2.45) is 0 Å². The van der Waals surface area contributed by atoms with E-state index in [1.165, 1.54) is 25.1 Å². The summed E-state index contributed by atoms with van der Waals surface area (Å²) in [6.07, 6.45) is 0. The summed E-state index contributed by atoms with van der Waals surface area (Å²) >= 11 is 0. The molecule has 0 fully saturated rings. The van der Waals surface area contributed by atoms with Crippen molar-refractivity contribution in [3.8, 4) is 0 Å². The van der Waals surface area contributed by atoms with Crippen molar-refractivity contribution in [2.45, 2.75) is 11.8 Å². The second-order valence-electron chi connectivity index (χ2n) is 2.14. The first-order valence-corrected chi connectivity index (χ1v) is 4.20. The molecule has 0 unspecified atom stereocenters. The van der Waals surface area contributed by atoms with Gasteiger partial charge in [-0.2, -0.15) is 0 Å². The minimum absolute atomic E-state index is 0.0556. The molecule has 1 aromatic carbocycles. The molecule has 0 atom stereocenters. The van der Waals surface area contributed by atoms with Crippen molar-refractivity contribution in [3.63, 3.8) is 0 Å². The van der Waals surface area contributed by atoms with E-state index in [-0.39, 0.29) is 10.5 Å². The Hall–Kier alpha value is -0.900. The molecule has 60 valence electrons. The van der Waals surface area contributed by atoms with Crippen LogP contribution in [0, 0.1) is 12.7 Å². The van der Waals surface area contributed by atoms with Gasteiger partial charge in [0.2, 0.25) is 0 Å². The molecule has 1 aromatic rings. The monoisotopic (exact) mass is 174 g/mol. The molecular formula is C7H7FO2S. The average Bonchev–Trinajstić information content (AvgIpc) is 1.94. The molecule has 0 radical (unpaired) electrons. The summed E-state index contributed by atoms with van der Waals surface area (Å²) in [7, 11) is -2.67. The van der Waals surface area contributed by atoms with Gasteiger partial charge in [-0.25, -0.2) is 12.8 Å². The molecule has 0 aliphatic carbocycles. The first-order valence-electron chi connectivity index (χ1n) is 3.02. The Morgan fingerprint density at radius 2 is 2.00 bits per heavy atom. The highest BCUT2D eigenvalue weighted by Crippen LogP contribution is 2.12. The van der Waals surface area contributed by atoms with Gasteiger partial charge in [-0.1, -0.05) is 6.07 Å². The highest BCUT2D eigenvalue weighted by molar-refractivity contribution is 7.72. The number of thiol groups is 1. The molecule has 0 spiro atoms. The van der Waals surface area contributed by atoms with Gasteiger partial charge in [-0.3, -0.25) is 0 Å². The Labute approximate surface area is 65.6 Å². The maximum Gasteiger partial charge on any atom is 0.168 e. The molecular weight excluding hydrogens is 167 g/mol. The van der Waals surface area contributed by atoms with Crippen molar-refractivity contribution in [3.05, 3.63) is 29.6 Å². The lowest BCUT2D eigenvalue weighted by Crippen LogP contribution is -1.89. The minimum Gasteiger partial charge on any atom is -0.227 e. The summed E-state index contributed by atoms with van der Waals surface area (Å²) in [5.41, 5.74) is 0.184. The van der Waals surface area contributed by atoms with Crippen LogP contribution in [0.5, 0.6) is 0 Å². The fraction of sp³-hybridized carbons (Fsp3) is 0.143. The fourth-order valence-corrected chi connectivity index (χ4v) is 1.38. The molecule has 11 heavy (non-hydrogen) atoms. The third kappa shape index (κ3) is 1.57. The van der Waals surface area contributed by atoms with Gasteiger partial charge in [0.05, 0.1) is 4.90 Å². The number of hydrogen-bond donors (Lipinski definition) is 1. The lowest BCUT2D eigenvalue weighted by Gasteiger charge is -1.97. The van der Waals surface area contributed by atoms with Crippen LogP contribution in [-0.4, -0.2) is 8.42 Å². The van der Waals surface area contributed by atoms with E-state index in [4.69, 9.17) is 0 Å². The van der Waals surface area contributed by atoms with Crippen LogP contribution in [0.4, 0.5) is 4.39 Å². The van der Waals surface area contributed by atoms with Crippen molar-refractivity contribution >= 4 is 10.7 Å². The third-order valence-corrected chi connectivity index (χ3v) is 2.31. The Bertz CT molecular complexity index is 336. The molecule has 0 aliphatic rings. The van der Waals surface area contributed by atoms with E-state index >= 15 is 0 Å².